The zero-order valence-corrected chi connectivity index (χ0v) is 11.8. The van der Waals surface area contributed by atoms with Gasteiger partial charge in [0.05, 0.1) is 6.04 Å². The first-order chi connectivity index (χ1) is 8.50. The zero-order valence-electron chi connectivity index (χ0n) is 11.8. The Labute approximate surface area is 109 Å². The van der Waals surface area contributed by atoms with Crippen molar-refractivity contribution in [2.45, 2.75) is 59.0 Å². The Bertz CT molecular complexity index is 388. The Kier molecular flexibility index (Phi) is 3.90. The first kappa shape index (κ1) is 13.3. The summed E-state index contributed by atoms with van der Waals surface area (Å²) in [6, 6.07) is 1.12. The number of hydrogen-bond acceptors (Lipinski definition) is 5. The van der Waals surface area contributed by atoms with Gasteiger partial charge >= 0.3 is 6.01 Å². The highest BCUT2D eigenvalue weighted by atomic mass is 16.4. The molecule has 1 aromatic rings. The van der Waals surface area contributed by atoms with Crippen molar-refractivity contribution in [3.8, 4) is 0 Å². The normalized spacial score (nSPS) is 24.1. The summed E-state index contributed by atoms with van der Waals surface area (Å²) in [6.07, 6.45) is 3.58. The van der Waals surface area contributed by atoms with Crippen molar-refractivity contribution in [1.29, 1.82) is 0 Å². The van der Waals surface area contributed by atoms with Crippen molar-refractivity contribution in [3.63, 3.8) is 0 Å². The lowest BCUT2D eigenvalue weighted by atomic mass is 9.92. The fraction of sp³-hybridized carbons (Fsp3) is 0.846. The van der Waals surface area contributed by atoms with E-state index in [0.29, 0.717) is 23.4 Å². The van der Waals surface area contributed by atoms with Crippen molar-refractivity contribution in [1.82, 2.24) is 15.5 Å². The van der Waals surface area contributed by atoms with E-state index in [1.165, 1.54) is 12.8 Å². The number of nitrogens with zero attached hydrogens (tertiary/aromatic N) is 2. The second kappa shape index (κ2) is 5.26. The second-order valence-electron chi connectivity index (χ2n) is 5.97. The minimum Gasteiger partial charge on any atom is -0.406 e. The number of rotatable bonds is 5. The molecule has 2 N–H and O–H groups in total. The van der Waals surface area contributed by atoms with Crippen LogP contribution in [0.3, 0.4) is 0 Å². The fourth-order valence-electron chi connectivity index (χ4n) is 2.60. The van der Waals surface area contributed by atoms with Gasteiger partial charge in [-0.15, -0.1) is 5.10 Å². The van der Waals surface area contributed by atoms with E-state index >= 15 is 0 Å². The largest absolute Gasteiger partial charge is 0.406 e. The number of anilines is 1. The van der Waals surface area contributed by atoms with Crippen molar-refractivity contribution in [2.24, 2.45) is 5.41 Å². The lowest BCUT2D eigenvalue weighted by Gasteiger charge is -2.16. The second-order valence-corrected chi connectivity index (χ2v) is 5.97. The maximum Gasteiger partial charge on any atom is 0.315 e. The third kappa shape index (κ3) is 3.22. The SMILES string of the molecule is CCNC(C)c1nnc(NC2CCC(C)(C)C2)o1. The molecule has 1 aliphatic rings. The molecule has 0 aliphatic heterocycles. The molecule has 18 heavy (non-hydrogen) atoms. The van der Waals surface area contributed by atoms with Crippen LogP contribution in [0.15, 0.2) is 4.42 Å². The Morgan fingerprint density at radius 3 is 2.83 bits per heavy atom. The van der Waals surface area contributed by atoms with Crippen LogP contribution in [0.2, 0.25) is 0 Å². The van der Waals surface area contributed by atoms with Gasteiger partial charge in [0, 0.05) is 6.04 Å². The van der Waals surface area contributed by atoms with Gasteiger partial charge in [-0.2, -0.15) is 0 Å². The summed E-state index contributed by atoms with van der Waals surface area (Å²) in [6.45, 7) is 9.59. The van der Waals surface area contributed by atoms with Crippen molar-refractivity contribution >= 4 is 6.01 Å². The predicted octanol–water partition coefficient (Wildman–Crippen LogP) is 2.73. The third-order valence-electron chi connectivity index (χ3n) is 3.62. The quantitative estimate of drug-likeness (QED) is 0.843. The highest BCUT2D eigenvalue weighted by Crippen LogP contribution is 2.38. The van der Waals surface area contributed by atoms with Crippen LogP contribution in [0, 0.1) is 5.41 Å². The molecule has 2 atom stereocenters. The molecule has 2 rings (SSSR count). The van der Waals surface area contributed by atoms with Gasteiger partial charge in [0.1, 0.15) is 0 Å². The molecule has 0 amide bonds. The molecule has 1 aliphatic carbocycles. The van der Waals surface area contributed by atoms with Crippen LogP contribution < -0.4 is 10.6 Å². The van der Waals surface area contributed by atoms with E-state index < -0.39 is 0 Å². The average molecular weight is 252 g/mol. The summed E-state index contributed by atoms with van der Waals surface area (Å²) in [5.41, 5.74) is 0.428. The van der Waals surface area contributed by atoms with Crippen LogP contribution in [0.5, 0.6) is 0 Å². The standard InChI is InChI=1S/C13H24N4O/c1-5-14-9(2)11-16-17-12(18-11)15-10-6-7-13(3,4)8-10/h9-10,14H,5-8H2,1-4H3,(H,15,17). The van der Waals surface area contributed by atoms with Crippen LogP contribution in [-0.2, 0) is 0 Å². The molecular weight excluding hydrogens is 228 g/mol. The monoisotopic (exact) mass is 252 g/mol. The van der Waals surface area contributed by atoms with E-state index in [1.54, 1.807) is 0 Å². The van der Waals surface area contributed by atoms with Gasteiger partial charge in [-0.1, -0.05) is 25.9 Å². The maximum absolute atomic E-state index is 5.63. The highest BCUT2D eigenvalue weighted by molar-refractivity contribution is 5.21. The molecule has 0 bridgehead atoms. The zero-order chi connectivity index (χ0) is 13.2. The van der Waals surface area contributed by atoms with Crippen LogP contribution >= 0.6 is 0 Å². The van der Waals surface area contributed by atoms with E-state index in [9.17, 15) is 0 Å². The number of hydrogen-bond donors (Lipinski definition) is 2. The van der Waals surface area contributed by atoms with Crippen molar-refractivity contribution in [3.05, 3.63) is 5.89 Å². The molecule has 0 aromatic carbocycles. The Morgan fingerprint density at radius 2 is 2.22 bits per heavy atom. The van der Waals surface area contributed by atoms with Crippen molar-refractivity contribution in [2.75, 3.05) is 11.9 Å². The first-order valence-corrected chi connectivity index (χ1v) is 6.83. The lowest BCUT2D eigenvalue weighted by Crippen LogP contribution is -2.18. The van der Waals surface area contributed by atoms with Gasteiger partial charge in [0.15, 0.2) is 0 Å². The molecule has 2 unspecified atom stereocenters. The van der Waals surface area contributed by atoms with Gasteiger partial charge in [-0.3, -0.25) is 0 Å². The van der Waals surface area contributed by atoms with E-state index in [0.717, 1.165) is 13.0 Å². The molecule has 102 valence electrons. The van der Waals surface area contributed by atoms with E-state index in [-0.39, 0.29) is 6.04 Å². The van der Waals surface area contributed by atoms with Crippen LogP contribution in [0.25, 0.3) is 0 Å². The Balaban J connectivity index is 1.91. The molecule has 1 heterocycles. The Hall–Kier alpha value is -1.10. The fourth-order valence-corrected chi connectivity index (χ4v) is 2.60. The summed E-state index contributed by atoms with van der Waals surface area (Å²) in [7, 11) is 0. The van der Waals surface area contributed by atoms with Gasteiger partial charge in [-0.05, 0) is 38.1 Å². The average Bonchev–Trinajstić information content (AvgIpc) is 2.86. The highest BCUT2D eigenvalue weighted by Gasteiger charge is 2.31. The predicted molar refractivity (Wildman–Crippen MR) is 71.4 cm³/mol. The number of aromatic nitrogens is 2. The van der Waals surface area contributed by atoms with Crippen molar-refractivity contribution < 1.29 is 4.42 Å². The van der Waals surface area contributed by atoms with Gasteiger partial charge in [-0.25, -0.2) is 0 Å². The third-order valence-corrected chi connectivity index (χ3v) is 3.62. The molecule has 1 fully saturated rings. The summed E-state index contributed by atoms with van der Waals surface area (Å²) in [5, 5.41) is 14.7. The van der Waals surface area contributed by atoms with Gasteiger partial charge in [0.25, 0.3) is 0 Å². The van der Waals surface area contributed by atoms with Gasteiger partial charge < -0.3 is 15.1 Å². The molecule has 5 heteroatoms. The minimum atomic E-state index is 0.109. The lowest BCUT2D eigenvalue weighted by molar-refractivity contribution is 0.376. The summed E-state index contributed by atoms with van der Waals surface area (Å²) >= 11 is 0. The van der Waals surface area contributed by atoms with Gasteiger partial charge in [0.2, 0.25) is 5.89 Å². The minimum absolute atomic E-state index is 0.109. The maximum atomic E-state index is 5.63. The molecule has 0 saturated heterocycles. The van der Waals surface area contributed by atoms with E-state index in [4.69, 9.17) is 4.42 Å². The number of nitrogens with one attached hydrogen (secondary N) is 2. The molecule has 1 saturated carbocycles. The molecular formula is C13H24N4O. The molecule has 5 nitrogen and oxygen atoms in total. The van der Waals surface area contributed by atoms with E-state index in [2.05, 4.69) is 41.6 Å². The molecule has 1 aromatic heterocycles. The topological polar surface area (TPSA) is 63.0 Å². The smallest absolute Gasteiger partial charge is 0.315 e. The van der Waals surface area contributed by atoms with E-state index in [1.807, 2.05) is 6.92 Å². The Morgan fingerprint density at radius 1 is 1.44 bits per heavy atom. The molecule has 0 radical (unpaired) electrons. The summed E-state index contributed by atoms with van der Waals surface area (Å²) in [5.74, 6) is 0.650. The van der Waals surface area contributed by atoms with Crippen LogP contribution in [0.1, 0.15) is 58.9 Å². The van der Waals surface area contributed by atoms with Crippen LogP contribution in [0.4, 0.5) is 6.01 Å². The summed E-state index contributed by atoms with van der Waals surface area (Å²) < 4.78 is 5.63. The molecule has 0 spiro atoms. The van der Waals surface area contributed by atoms with Crippen LogP contribution in [-0.4, -0.2) is 22.8 Å². The summed E-state index contributed by atoms with van der Waals surface area (Å²) in [4.78, 5) is 0. The first-order valence-electron chi connectivity index (χ1n) is 6.83.